The maximum Gasteiger partial charge on any atom is 0.196 e. The molecule has 1 saturated heterocycles. The second kappa shape index (κ2) is 5.11. The summed E-state index contributed by atoms with van der Waals surface area (Å²) in [6.45, 7) is 5.83. The predicted molar refractivity (Wildman–Crippen MR) is 96.4 cm³/mol. The number of benzene rings is 1. The van der Waals surface area contributed by atoms with Gasteiger partial charge < -0.3 is 14.9 Å². The van der Waals surface area contributed by atoms with Gasteiger partial charge in [0.2, 0.25) is 0 Å². The monoisotopic (exact) mass is 355 g/mol. The normalized spacial score (nSPS) is 38.5. The number of carbonyl (C=O) groups excluding carboxylic acids is 1. The number of aryl methyl sites for hydroxylation is 1. The van der Waals surface area contributed by atoms with E-state index < -0.39 is 17.1 Å². The molecule has 4 atom stereocenters. The van der Waals surface area contributed by atoms with E-state index in [2.05, 4.69) is 11.8 Å². The van der Waals surface area contributed by atoms with Crippen LogP contribution in [0.3, 0.4) is 0 Å². The predicted octanol–water partition coefficient (Wildman–Crippen LogP) is 2.07. The number of carbonyl (C=O) groups is 1. The molecule has 5 nitrogen and oxygen atoms in total. The Kier molecular flexibility index (Phi) is 3.21. The number of likely N-dealkylation sites (tertiary alicyclic amines) is 1. The molecular weight excluding hydrogens is 330 g/mol. The minimum Gasteiger partial charge on any atom is -0.504 e. The molecule has 2 heterocycles. The third-order valence-electron chi connectivity index (χ3n) is 7.12. The van der Waals surface area contributed by atoms with Crippen molar-refractivity contribution in [1.82, 2.24) is 4.90 Å². The van der Waals surface area contributed by atoms with E-state index in [1.165, 1.54) is 18.9 Å². The van der Waals surface area contributed by atoms with Crippen molar-refractivity contribution in [2.24, 2.45) is 5.92 Å². The van der Waals surface area contributed by atoms with Crippen molar-refractivity contribution < 1.29 is 19.7 Å². The summed E-state index contributed by atoms with van der Waals surface area (Å²) in [5, 5.41) is 22.3. The van der Waals surface area contributed by atoms with E-state index >= 15 is 0 Å². The Balaban J connectivity index is 1.69. The summed E-state index contributed by atoms with van der Waals surface area (Å²) in [5.41, 5.74) is -0.288. The quantitative estimate of drug-likeness (QED) is 0.850. The molecule has 0 radical (unpaired) electrons. The van der Waals surface area contributed by atoms with Crippen LogP contribution in [0.5, 0.6) is 11.5 Å². The molecule has 1 aromatic rings. The van der Waals surface area contributed by atoms with Crippen molar-refractivity contribution in [3.8, 4) is 11.5 Å². The Morgan fingerprint density at radius 2 is 2.12 bits per heavy atom. The number of ketones is 1. The van der Waals surface area contributed by atoms with Gasteiger partial charge in [0.05, 0.1) is 5.41 Å². The van der Waals surface area contributed by atoms with Crippen LogP contribution in [0.1, 0.15) is 37.3 Å². The first-order valence-corrected chi connectivity index (χ1v) is 9.57. The van der Waals surface area contributed by atoms with Gasteiger partial charge in [-0.15, -0.1) is 0 Å². The molecule has 0 unspecified atom stereocenters. The third-order valence-corrected chi connectivity index (χ3v) is 7.12. The standard InChI is InChI=1S/C21H25NO4/c1-12-3-6-15(23)18-17(12)20-9-10-22(11-14-4-5-14)13(2)21(20,25)8-7-16(24)19(20)26-18/h3,6-8,13-14,19,23,25H,4-5,9-11H2,1-2H3/t13-,19+,20+,21-/m1/s1. The lowest BCUT2D eigenvalue weighted by Gasteiger charge is -2.57. The Morgan fingerprint density at radius 1 is 1.35 bits per heavy atom. The molecule has 5 heteroatoms. The summed E-state index contributed by atoms with van der Waals surface area (Å²) in [4.78, 5) is 15.1. The summed E-state index contributed by atoms with van der Waals surface area (Å²) < 4.78 is 6.01. The minimum atomic E-state index is -1.21. The molecular formula is C21H25NO4. The first kappa shape index (κ1) is 16.3. The number of nitrogens with zero attached hydrogens (tertiary/aromatic N) is 1. The van der Waals surface area contributed by atoms with Gasteiger partial charge in [-0.25, -0.2) is 0 Å². The van der Waals surface area contributed by atoms with Gasteiger partial charge in [0.15, 0.2) is 23.4 Å². The van der Waals surface area contributed by atoms with Crippen molar-refractivity contribution in [2.75, 3.05) is 13.1 Å². The molecule has 2 fully saturated rings. The SMILES string of the molecule is Cc1ccc(O)c2c1[C@]13CCN(CC4CC4)[C@H](C)[C@]1(O)C=CC(=O)[C@@H]3O2. The van der Waals surface area contributed by atoms with Gasteiger partial charge in [0, 0.05) is 18.2 Å². The maximum absolute atomic E-state index is 12.7. The van der Waals surface area contributed by atoms with Crippen molar-refractivity contribution >= 4 is 5.78 Å². The Labute approximate surface area is 153 Å². The third kappa shape index (κ3) is 1.85. The zero-order chi connectivity index (χ0) is 18.3. The van der Waals surface area contributed by atoms with Crippen LogP contribution in [0.2, 0.25) is 0 Å². The number of phenols is 1. The molecule has 1 saturated carbocycles. The van der Waals surface area contributed by atoms with Gasteiger partial charge >= 0.3 is 0 Å². The van der Waals surface area contributed by atoms with Crippen molar-refractivity contribution in [2.45, 2.75) is 56.3 Å². The molecule has 2 aliphatic heterocycles. The highest BCUT2D eigenvalue weighted by molar-refractivity contribution is 5.98. The molecule has 0 aromatic heterocycles. The number of hydrogen-bond donors (Lipinski definition) is 2. The Morgan fingerprint density at radius 3 is 2.85 bits per heavy atom. The first-order chi connectivity index (χ1) is 12.4. The van der Waals surface area contributed by atoms with Crippen molar-refractivity contribution in [1.29, 1.82) is 0 Å². The molecule has 4 aliphatic rings. The average molecular weight is 355 g/mol. The smallest absolute Gasteiger partial charge is 0.196 e. The Hall–Kier alpha value is -1.85. The lowest BCUT2D eigenvalue weighted by Crippen LogP contribution is -2.72. The number of aromatic hydroxyl groups is 1. The van der Waals surface area contributed by atoms with E-state index in [0.29, 0.717) is 12.2 Å². The molecule has 2 aliphatic carbocycles. The lowest BCUT2D eigenvalue weighted by molar-refractivity contribution is -0.149. The van der Waals surface area contributed by atoms with Gasteiger partial charge in [0.1, 0.15) is 5.60 Å². The highest BCUT2D eigenvalue weighted by atomic mass is 16.5. The molecule has 138 valence electrons. The first-order valence-electron chi connectivity index (χ1n) is 9.57. The van der Waals surface area contributed by atoms with E-state index in [1.807, 2.05) is 13.0 Å². The summed E-state index contributed by atoms with van der Waals surface area (Å²) >= 11 is 0. The topological polar surface area (TPSA) is 70.0 Å². The maximum atomic E-state index is 12.7. The zero-order valence-corrected chi connectivity index (χ0v) is 15.2. The number of piperidine rings is 1. The molecule has 0 amide bonds. The number of aliphatic hydroxyl groups is 1. The summed E-state index contributed by atoms with van der Waals surface area (Å²) in [7, 11) is 0. The fourth-order valence-corrected chi connectivity index (χ4v) is 5.49. The van der Waals surface area contributed by atoms with Gasteiger partial charge in [-0.3, -0.25) is 9.69 Å². The van der Waals surface area contributed by atoms with Gasteiger partial charge in [-0.1, -0.05) is 6.07 Å². The fraction of sp³-hybridized carbons (Fsp3) is 0.571. The Bertz CT molecular complexity index is 830. The average Bonchev–Trinajstić information content (AvgIpc) is 3.35. The second-order valence-electron chi connectivity index (χ2n) is 8.50. The van der Waals surface area contributed by atoms with Crippen LogP contribution in [0.15, 0.2) is 24.3 Å². The van der Waals surface area contributed by atoms with Crippen LogP contribution >= 0.6 is 0 Å². The highest BCUT2D eigenvalue weighted by Crippen LogP contribution is 2.60. The minimum absolute atomic E-state index is 0.0394. The highest BCUT2D eigenvalue weighted by Gasteiger charge is 2.69. The number of fused-ring (bicyclic) bond motifs is 1. The van der Waals surface area contributed by atoms with Crippen LogP contribution < -0.4 is 4.74 Å². The van der Waals surface area contributed by atoms with Crippen LogP contribution in [0, 0.1) is 12.8 Å². The summed E-state index contributed by atoms with van der Waals surface area (Å²) in [6, 6.07) is 3.32. The number of phenolic OH excluding ortho intramolecular Hbond substituents is 1. The van der Waals surface area contributed by atoms with E-state index in [9.17, 15) is 15.0 Å². The molecule has 26 heavy (non-hydrogen) atoms. The van der Waals surface area contributed by atoms with Gasteiger partial charge in [0.25, 0.3) is 0 Å². The van der Waals surface area contributed by atoms with Crippen LogP contribution in [0.25, 0.3) is 0 Å². The second-order valence-corrected chi connectivity index (χ2v) is 8.50. The van der Waals surface area contributed by atoms with Crippen LogP contribution in [0.4, 0.5) is 0 Å². The lowest BCUT2D eigenvalue weighted by atomic mass is 9.54. The fourth-order valence-electron chi connectivity index (χ4n) is 5.49. The van der Waals surface area contributed by atoms with Crippen molar-refractivity contribution in [3.05, 3.63) is 35.4 Å². The number of hydrogen-bond acceptors (Lipinski definition) is 5. The van der Waals surface area contributed by atoms with Crippen LogP contribution in [-0.2, 0) is 10.2 Å². The molecule has 5 rings (SSSR count). The molecule has 1 spiro atoms. The molecule has 2 N–H and O–H groups in total. The van der Waals surface area contributed by atoms with E-state index in [1.54, 1.807) is 12.1 Å². The van der Waals surface area contributed by atoms with E-state index in [4.69, 9.17) is 4.74 Å². The molecule has 1 aromatic carbocycles. The van der Waals surface area contributed by atoms with Gasteiger partial charge in [-0.2, -0.15) is 0 Å². The summed E-state index contributed by atoms with van der Waals surface area (Å²) in [5.74, 6) is 1.01. The van der Waals surface area contributed by atoms with E-state index in [-0.39, 0.29) is 17.6 Å². The van der Waals surface area contributed by atoms with E-state index in [0.717, 1.165) is 30.1 Å². The molecule has 0 bridgehead atoms. The van der Waals surface area contributed by atoms with Crippen LogP contribution in [-0.4, -0.2) is 51.7 Å². The zero-order valence-electron chi connectivity index (χ0n) is 15.2. The number of rotatable bonds is 2. The van der Waals surface area contributed by atoms with Gasteiger partial charge in [-0.05, 0) is 69.4 Å². The number of ether oxygens (including phenoxy) is 1. The van der Waals surface area contributed by atoms with Crippen molar-refractivity contribution in [3.63, 3.8) is 0 Å². The largest absolute Gasteiger partial charge is 0.504 e. The summed E-state index contributed by atoms with van der Waals surface area (Å²) in [6.07, 6.45) is 5.56.